The number of ether oxygens (including phenoxy) is 1. The molecule has 0 saturated carbocycles. The lowest BCUT2D eigenvalue weighted by atomic mass is 9.86. The van der Waals surface area contributed by atoms with Gasteiger partial charge in [-0.15, -0.1) is 0 Å². The largest absolute Gasteiger partial charge is 0.493 e. The first-order valence-corrected chi connectivity index (χ1v) is 11.9. The number of hydrogen-bond acceptors (Lipinski definition) is 5. The molecule has 3 N–H and O–H groups in total. The summed E-state index contributed by atoms with van der Waals surface area (Å²) in [5.41, 5.74) is 5.88. The lowest BCUT2D eigenvalue weighted by Crippen LogP contribution is -2.49. The third-order valence-electron chi connectivity index (χ3n) is 6.60. The van der Waals surface area contributed by atoms with Crippen molar-refractivity contribution in [3.8, 4) is 16.9 Å². The van der Waals surface area contributed by atoms with Crippen LogP contribution in [-0.2, 0) is 11.8 Å². The van der Waals surface area contributed by atoms with E-state index in [9.17, 15) is 9.59 Å². The van der Waals surface area contributed by atoms with Gasteiger partial charge in [-0.05, 0) is 55.7 Å². The molecule has 9 heteroatoms. The van der Waals surface area contributed by atoms with Gasteiger partial charge in [0.15, 0.2) is 0 Å². The standard InChI is InChI=1S/C27H28N6O3/c1-16-24(17(2)32-31-16)18-8-10-19(11-9-18)29-27(35)25(30-26(34)22-12-14-28-33(22)3)21-13-15-36-23-7-5-4-6-20(21)23/h4-12,14,21,25H,13,15H2,1-3H3,(H,29,35)(H,30,34)(H,31,32)/t21-,25-/m1/s1. The Bertz CT molecular complexity index is 1390. The van der Waals surface area contributed by atoms with Crippen LogP contribution < -0.4 is 15.4 Å². The highest BCUT2D eigenvalue weighted by Gasteiger charge is 2.35. The molecule has 2 aromatic carbocycles. The molecule has 36 heavy (non-hydrogen) atoms. The molecule has 184 valence electrons. The molecule has 0 radical (unpaired) electrons. The van der Waals surface area contributed by atoms with Crippen LogP contribution in [0.3, 0.4) is 0 Å². The normalized spacial score (nSPS) is 15.5. The number of carbonyl (C=O) groups is 2. The van der Waals surface area contributed by atoms with Crippen LogP contribution in [0.15, 0.2) is 60.8 Å². The number of aryl methyl sites for hydroxylation is 3. The summed E-state index contributed by atoms with van der Waals surface area (Å²) in [6.45, 7) is 4.40. The van der Waals surface area contributed by atoms with Crippen LogP contribution in [-0.4, -0.2) is 44.4 Å². The monoisotopic (exact) mass is 484 g/mol. The smallest absolute Gasteiger partial charge is 0.270 e. The number of benzene rings is 2. The molecule has 0 fully saturated rings. The second-order valence-electron chi connectivity index (χ2n) is 8.95. The first kappa shape index (κ1) is 23.3. The molecule has 2 aromatic heterocycles. The number of aromatic nitrogens is 4. The summed E-state index contributed by atoms with van der Waals surface area (Å²) in [5.74, 6) is -0.171. The molecule has 5 rings (SSSR count). The van der Waals surface area contributed by atoms with E-state index in [-0.39, 0.29) is 17.7 Å². The Morgan fingerprint density at radius 1 is 1.11 bits per heavy atom. The summed E-state index contributed by atoms with van der Waals surface area (Å²) in [4.78, 5) is 26.7. The Morgan fingerprint density at radius 2 is 1.89 bits per heavy atom. The highest BCUT2D eigenvalue weighted by molar-refractivity contribution is 6.01. The number of hydrogen-bond donors (Lipinski definition) is 3. The van der Waals surface area contributed by atoms with Crippen LogP contribution in [0.25, 0.3) is 11.1 Å². The van der Waals surface area contributed by atoms with Gasteiger partial charge in [0.1, 0.15) is 17.5 Å². The fraction of sp³-hybridized carbons (Fsp3) is 0.259. The molecule has 0 aliphatic carbocycles. The van der Waals surface area contributed by atoms with E-state index in [1.54, 1.807) is 19.3 Å². The minimum atomic E-state index is -0.810. The van der Waals surface area contributed by atoms with E-state index in [0.717, 1.165) is 33.8 Å². The zero-order valence-electron chi connectivity index (χ0n) is 20.4. The third-order valence-corrected chi connectivity index (χ3v) is 6.60. The van der Waals surface area contributed by atoms with Crippen LogP contribution in [0.1, 0.15) is 39.8 Å². The van der Waals surface area contributed by atoms with Gasteiger partial charge in [-0.3, -0.25) is 19.4 Å². The third kappa shape index (κ3) is 4.47. The van der Waals surface area contributed by atoms with E-state index in [0.29, 0.717) is 24.4 Å². The number of amides is 2. The predicted octanol–water partition coefficient (Wildman–Crippen LogP) is 3.73. The highest BCUT2D eigenvalue weighted by Crippen LogP contribution is 2.36. The molecule has 0 bridgehead atoms. The van der Waals surface area contributed by atoms with E-state index in [2.05, 4.69) is 25.9 Å². The van der Waals surface area contributed by atoms with Crippen molar-refractivity contribution in [2.75, 3.05) is 11.9 Å². The minimum absolute atomic E-state index is 0.248. The second kappa shape index (κ2) is 9.69. The van der Waals surface area contributed by atoms with Gasteiger partial charge in [0.25, 0.3) is 5.91 Å². The van der Waals surface area contributed by atoms with Crippen molar-refractivity contribution in [2.45, 2.75) is 32.2 Å². The Labute approximate surface area is 208 Å². The van der Waals surface area contributed by atoms with Gasteiger partial charge in [0, 0.05) is 36.1 Å². The fourth-order valence-corrected chi connectivity index (χ4v) is 4.79. The molecular formula is C27H28N6O3. The fourth-order valence-electron chi connectivity index (χ4n) is 4.79. The van der Waals surface area contributed by atoms with Gasteiger partial charge >= 0.3 is 0 Å². The summed E-state index contributed by atoms with van der Waals surface area (Å²) < 4.78 is 7.29. The van der Waals surface area contributed by atoms with Crippen LogP contribution in [0.4, 0.5) is 5.69 Å². The number of anilines is 1. The molecule has 4 aromatic rings. The maximum Gasteiger partial charge on any atom is 0.270 e. The van der Waals surface area contributed by atoms with Crippen molar-refractivity contribution in [3.05, 3.63) is 83.4 Å². The molecule has 2 amide bonds. The average molecular weight is 485 g/mol. The molecule has 0 saturated heterocycles. The van der Waals surface area contributed by atoms with Crippen molar-refractivity contribution in [1.29, 1.82) is 0 Å². The molecule has 1 aliphatic heterocycles. The number of rotatable bonds is 6. The Morgan fingerprint density at radius 3 is 2.58 bits per heavy atom. The van der Waals surface area contributed by atoms with Crippen LogP contribution >= 0.6 is 0 Å². The van der Waals surface area contributed by atoms with E-state index < -0.39 is 6.04 Å². The maximum absolute atomic E-state index is 13.6. The Balaban J connectivity index is 1.42. The van der Waals surface area contributed by atoms with Gasteiger partial charge in [-0.1, -0.05) is 30.3 Å². The number of nitrogens with zero attached hydrogens (tertiary/aromatic N) is 3. The van der Waals surface area contributed by atoms with Crippen molar-refractivity contribution in [3.63, 3.8) is 0 Å². The second-order valence-corrected chi connectivity index (χ2v) is 8.95. The molecular weight excluding hydrogens is 456 g/mol. The van der Waals surface area contributed by atoms with Crippen LogP contribution in [0, 0.1) is 13.8 Å². The van der Waals surface area contributed by atoms with Gasteiger partial charge < -0.3 is 15.4 Å². The summed E-state index contributed by atoms with van der Waals surface area (Å²) >= 11 is 0. The van der Waals surface area contributed by atoms with Crippen LogP contribution in [0.2, 0.25) is 0 Å². The number of carbonyl (C=O) groups excluding carboxylic acids is 2. The van der Waals surface area contributed by atoms with Crippen molar-refractivity contribution < 1.29 is 14.3 Å². The lowest BCUT2D eigenvalue weighted by molar-refractivity contribution is -0.118. The molecule has 0 spiro atoms. The van der Waals surface area contributed by atoms with Crippen molar-refractivity contribution >= 4 is 17.5 Å². The number of H-pyrrole nitrogens is 1. The van der Waals surface area contributed by atoms with Gasteiger partial charge in [-0.2, -0.15) is 10.2 Å². The van der Waals surface area contributed by atoms with Crippen LogP contribution in [0.5, 0.6) is 5.75 Å². The summed E-state index contributed by atoms with van der Waals surface area (Å²) in [5, 5.41) is 17.3. The Kier molecular flexibility index (Phi) is 6.28. The molecule has 2 atom stereocenters. The van der Waals surface area contributed by atoms with Gasteiger partial charge in [-0.25, -0.2) is 0 Å². The first-order chi connectivity index (χ1) is 17.4. The zero-order valence-corrected chi connectivity index (χ0v) is 20.4. The minimum Gasteiger partial charge on any atom is -0.493 e. The average Bonchev–Trinajstić information content (AvgIpc) is 3.47. The summed E-state index contributed by atoms with van der Waals surface area (Å²) in [6.07, 6.45) is 2.15. The van der Waals surface area contributed by atoms with Crippen molar-refractivity contribution in [1.82, 2.24) is 25.3 Å². The SMILES string of the molecule is Cc1n[nH]c(C)c1-c1ccc(NC(=O)[C@H](NC(=O)c2ccnn2C)[C@@H]2CCOc3ccccc32)cc1. The molecule has 9 nitrogen and oxygen atoms in total. The number of fused-ring (bicyclic) bond motifs is 1. The van der Waals surface area contributed by atoms with Gasteiger partial charge in [0.05, 0.1) is 12.3 Å². The van der Waals surface area contributed by atoms with E-state index >= 15 is 0 Å². The number of nitrogens with one attached hydrogen (secondary N) is 3. The maximum atomic E-state index is 13.6. The molecule has 1 aliphatic rings. The lowest BCUT2D eigenvalue weighted by Gasteiger charge is -2.32. The van der Waals surface area contributed by atoms with Crippen molar-refractivity contribution in [2.24, 2.45) is 7.05 Å². The number of para-hydroxylation sites is 1. The topological polar surface area (TPSA) is 114 Å². The first-order valence-electron chi connectivity index (χ1n) is 11.9. The Hall–Kier alpha value is -4.40. The molecule has 3 heterocycles. The summed E-state index contributed by atoms with van der Waals surface area (Å²) in [7, 11) is 1.69. The quantitative estimate of drug-likeness (QED) is 0.386. The molecule has 0 unspecified atom stereocenters. The van der Waals surface area contributed by atoms with E-state index in [1.165, 1.54) is 4.68 Å². The highest BCUT2D eigenvalue weighted by atomic mass is 16.5. The van der Waals surface area contributed by atoms with E-state index in [1.807, 2.05) is 62.4 Å². The van der Waals surface area contributed by atoms with E-state index in [4.69, 9.17) is 4.74 Å². The predicted molar refractivity (Wildman–Crippen MR) is 136 cm³/mol. The summed E-state index contributed by atoms with van der Waals surface area (Å²) in [6, 6.07) is 16.1. The zero-order chi connectivity index (χ0) is 25.2. The number of aromatic amines is 1. The van der Waals surface area contributed by atoms with Gasteiger partial charge in [0.2, 0.25) is 5.91 Å².